The molecule has 60 heavy (non-hydrogen) atoms. The van der Waals surface area contributed by atoms with Crippen molar-refractivity contribution >= 4 is 41.8 Å². The van der Waals surface area contributed by atoms with Crippen molar-refractivity contribution in [2.24, 2.45) is 35.5 Å². The smallest absolute Gasteiger partial charge is 0.410 e. The first kappa shape index (κ1) is 53.3. The fraction of sp³-hybridized carbons (Fsp3) is 0.711. The quantitative estimate of drug-likeness (QED) is 0.106. The Morgan fingerprint density at radius 1 is 0.483 bits per heavy atom. The van der Waals surface area contributed by atoms with Gasteiger partial charge in [-0.05, 0) is 55.9 Å². The Balaban J connectivity index is 3.32. The molecule has 0 N–H and O–H groups in total. The predicted molar refractivity (Wildman–Crippen MR) is 226 cm³/mol. The van der Waals surface area contributed by atoms with Crippen molar-refractivity contribution in [2.75, 3.05) is 21.1 Å². The highest BCUT2D eigenvalue weighted by molar-refractivity contribution is 5.92. The molecule has 0 bridgehead atoms. The summed E-state index contributed by atoms with van der Waals surface area (Å²) in [7, 11) is 4.21. The number of hydrogen-bond donors (Lipinski definition) is 0. The molecule has 1 aromatic rings. The van der Waals surface area contributed by atoms with Crippen molar-refractivity contribution in [2.45, 2.75) is 153 Å². The first-order valence-electron chi connectivity index (χ1n) is 20.9. The van der Waals surface area contributed by atoms with Gasteiger partial charge in [0.25, 0.3) is 11.8 Å². The average Bonchev–Trinajstić information content (AvgIpc) is 3.12. The maximum atomic E-state index is 14.2. The van der Waals surface area contributed by atoms with E-state index in [-0.39, 0.29) is 6.61 Å². The van der Waals surface area contributed by atoms with E-state index >= 15 is 0 Å². The summed E-state index contributed by atoms with van der Waals surface area (Å²) in [4.78, 5) is 99.2. The number of carbonyl (C=O) groups is 7. The number of carbonyl (C=O) groups excluding carboxylic acids is 7. The van der Waals surface area contributed by atoms with Gasteiger partial charge in [0.05, 0.1) is 0 Å². The van der Waals surface area contributed by atoms with E-state index in [0.29, 0.717) is 0 Å². The second-order valence-electron chi connectivity index (χ2n) is 18.5. The lowest BCUT2D eigenvalue weighted by atomic mass is 9.98. The molecule has 3 amide bonds. The topological polar surface area (TPSA) is 175 Å². The fourth-order valence-electron chi connectivity index (χ4n) is 6.55. The SMILES string of the molecule is CC(C)[C@@H](C(=O)O[C@@H](C(=O)N(C)[C@H](C(=O)O[C@@H](C(=O)N(C)[C@H](C(=O)O[C@@H](C(=O)OCc1ccccc1)C(C)C)C(C)C)C(C)C)C(C)C)C(C)C)N(C)C(=O)OC(C)(C)C. The lowest BCUT2D eigenvalue weighted by molar-refractivity contribution is -0.180. The Hall–Kier alpha value is -4.69. The molecule has 0 saturated heterocycles. The molecule has 15 heteroatoms. The van der Waals surface area contributed by atoms with Crippen molar-refractivity contribution in [3.05, 3.63) is 35.9 Å². The molecular weight excluding hydrogens is 775 g/mol. The third kappa shape index (κ3) is 15.4. The summed E-state index contributed by atoms with van der Waals surface area (Å²) in [6, 6.07) is 5.59. The van der Waals surface area contributed by atoms with Crippen LogP contribution in [0.15, 0.2) is 30.3 Å². The largest absolute Gasteiger partial charge is 0.458 e. The Morgan fingerprint density at radius 2 is 0.817 bits per heavy atom. The molecule has 1 rings (SSSR count). The van der Waals surface area contributed by atoms with Crippen molar-refractivity contribution in [1.29, 1.82) is 0 Å². The summed E-state index contributed by atoms with van der Waals surface area (Å²) in [5, 5.41) is 0. The summed E-state index contributed by atoms with van der Waals surface area (Å²) in [6.07, 6.45) is -4.71. The number of ether oxygens (including phenoxy) is 5. The molecule has 0 spiro atoms. The molecule has 0 fully saturated rings. The van der Waals surface area contributed by atoms with E-state index in [4.69, 9.17) is 23.7 Å². The minimum Gasteiger partial charge on any atom is -0.458 e. The lowest BCUT2D eigenvalue weighted by Gasteiger charge is -2.37. The van der Waals surface area contributed by atoms with Gasteiger partial charge in [-0.3, -0.25) is 14.5 Å². The van der Waals surface area contributed by atoms with Crippen LogP contribution in [-0.4, -0.2) is 120 Å². The van der Waals surface area contributed by atoms with Crippen LogP contribution >= 0.6 is 0 Å². The Kier molecular flexibility index (Phi) is 20.7. The monoisotopic (exact) mass is 848 g/mol. The van der Waals surface area contributed by atoms with Crippen LogP contribution in [0.1, 0.15) is 109 Å². The molecule has 0 aromatic heterocycles. The highest BCUT2D eigenvalue weighted by atomic mass is 16.6. The molecule has 0 saturated carbocycles. The zero-order chi connectivity index (χ0) is 46.6. The highest BCUT2D eigenvalue weighted by Gasteiger charge is 2.44. The number of nitrogens with zero attached hydrogens (tertiary/aromatic N) is 3. The van der Waals surface area contributed by atoms with Gasteiger partial charge >= 0.3 is 30.0 Å². The number of amides is 3. The van der Waals surface area contributed by atoms with E-state index in [1.807, 2.05) is 18.2 Å². The summed E-state index contributed by atoms with van der Waals surface area (Å²) >= 11 is 0. The van der Waals surface area contributed by atoms with E-state index in [1.165, 1.54) is 21.1 Å². The number of hydrogen-bond acceptors (Lipinski definition) is 12. The molecule has 340 valence electrons. The van der Waals surface area contributed by atoms with E-state index in [0.717, 1.165) is 20.3 Å². The third-order valence-corrected chi connectivity index (χ3v) is 9.74. The van der Waals surface area contributed by atoms with Gasteiger partial charge < -0.3 is 33.5 Å². The minimum atomic E-state index is -1.38. The molecule has 6 atom stereocenters. The van der Waals surface area contributed by atoms with Crippen LogP contribution in [0.25, 0.3) is 0 Å². The lowest BCUT2D eigenvalue weighted by Crippen LogP contribution is -2.56. The first-order chi connectivity index (χ1) is 27.5. The van der Waals surface area contributed by atoms with Crippen LogP contribution in [0.2, 0.25) is 0 Å². The molecule has 0 heterocycles. The molecule has 0 radical (unpaired) electrons. The van der Waals surface area contributed by atoms with Gasteiger partial charge in [0, 0.05) is 27.1 Å². The zero-order valence-corrected chi connectivity index (χ0v) is 39.3. The molecule has 0 aliphatic carbocycles. The first-order valence-corrected chi connectivity index (χ1v) is 20.9. The van der Waals surface area contributed by atoms with Gasteiger partial charge in [0.15, 0.2) is 12.2 Å². The van der Waals surface area contributed by atoms with Crippen molar-refractivity contribution in [3.8, 4) is 0 Å². The van der Waals surface area contributed by atoms with Crippen molar-refractivity contribution in [3.63, 3.8) is 0 Å². The fourth-order valence-corrected chi connectivity index (χ4v) is 6.55. The van der Waals surface area contributed by atoms with Gasteiger partial charge in [-0.25, -0.2) is 24.0 Å². The van der Waals surface area contributed by atoms with Crippen molar-refractivity contribution < 1.29 is 57.2 Å². The third-order valence-electron chi connectivity index (χ3n) is 9.74. The molecule has 0 aliphatic heterocycles. The van der Waals surface area contributed by atoms with Crippen molar-refractivity contribution in [1.82, 2.24) is 14.7 Å². The Labute approximate surface area is 358 Å². The average molecular weight is 848 g/mol. The normalized spacial score (nSPS) is 14.9. The summed E-state index contributed by atoms with van der Waals surface area (Å²) < 4.78 is 28.4. The van der Waals surface area contributed by atoms with Gasteiger partial charge in [-0.1, -0.05) is 113 Å². The second-order valence-corrected chi connectivity index (χ2v) is 18.5. The summed E-state index contributed by atoms with van der Waals surface area (Å²) in [5.74, 6) is -7.62. The van der Waals surface area contributed by atoms with Crippen LogP contribution in [0.3, 0.4) is 0 Å². The van der Waals surface area contributed by atoms with Crippen LogP contribution in [0.4, 0.5) is 4.79 Å². The van der Waals surface area contributed by atoms with Crippen LogP contribution in [-0.2, 0) is 59.1 Å². The maximum absolute atomic E-state index is 14.2. The molecule has 0 aliphatic rings. The van der Waals surface area contributed by atoms with Gasteiger partial charge in [-0.2, -0.15) is 0 Å². The van der Waals surface area contributed by atoms with Gasteiger partial charge in [0.1, 0.15) is 30.3 Å². The number of rotatable bonds is 20. The Bertz CT molecular complexity index is 1600. The highest BCUT2D eigenvalue weighted by Crippen LogP contribution is 2.24. The van der Waals surface area contributed by atoms with Crippen LogP contribution in [0, 0.1) is 35.5 Å². The van der Waals surface area contributed by atoms with Gasteiger partial charge in [-0.15, -0.1) is 0 Å². The van der Waals surface area contributed by atoms with E-state index in [9.17, 15) is 33.6 Å². The van der Waals surface area contributed by atoms with E-state index in [1.54, 1.807) is 116 Å². The molecule has 15 nitrogen and oxygen atoms in total. The minimum absolute atomic E-state index is 0.0125. The number of benzene rings is 1. The zero-order valence-electron chi connectivity index (χ0n) is 39.3. The summed E-state index contributed by atoms with van der Waals surface area (Å²) in [5.41, 5.74) is -0.0534. The van der Waals surface area contributed by atoms with Crippen LogP contribution in [0.5, 0.6) is 0 Å². The molecule has 1 aromatic carbocycles. The molecule has 0 unspecified atom stereocenters. The van der Waals surface area contributed by atoms with Crippen LogP contribution < -0.4 is 0 Å². The summed E-state index contributed by atoms with van der Waals surface area (Å²) in [6.45, 7) is 25.6. The standard InChI is InChI=1S/C45H73N3O12/c1-25(2)32(46(16)39(50)36(29(9)10)58-42(53)34(27(5)6)48(18)44(55)60-45(13,14)15)40(51)57-35(28(7)8)38(49)47(17)33(26(3)4)41(52)59-37(30(11)12)43(54)56-24-31-22-20-19-21-23-31/h19-23,25-30,32-37H,24H2,1-18H3/t32-,33-,34-,35+,36+,37+/m0/s1. The molecular formula is C45H73N3O12. The predicted octanol–water partition coefficient (Wildman–Crippen LogP) is 6.29. The number of likely N-dealkylation sites (N-methyl/N-ethyl adjacent to an activating group) is 3. The second kappa shape index (κ2) is 23.3. The maximum Gasteiger partial charge on any atom is 0.410 e. The van der Waals surface area contributed by atoms with Gasteiger partial charge in [0.2, 0.25) is 6.10 Å². The number of esters is 4. The van der Waals surface area contributed by atoms with E-state index < -0.39 is 119 Å². The van der Waals surface area contributed by atoms with E-state index in [2.05, 4.69) is 0 Å². The Morgan fingerprint density at radius 3 is 1.13 bits per heavy atom.